The lowest BCUT2D eigenvalue weighted by Crippen LogP contribution is -2.41. The van der Waals surface area contributed by atoms with E-state index in [-0.39, 0.29) is 6.42 Å². The van der Waals surface area contributed by atoms with Crippen LogP contribution in [0.3, 0.4) is 0 Å². The quantitative estimate of drug-likeness (QED) is 0.531. The molecule has 0 aliphatic rings. The molecule has 0 saturated carbocycles. The van der Waals surface area contributed by atoms with E-state index in [0.717, 1.165) is 12.8 Å². The highest BCUT2D eigenvalue weighted by atomic mass is 19.1. The normalized spacial score (nSPS) is 13.8. The van der Waals surface area contributed by atoms with Crippen molar-refractivity contribution in [3.05, 3.63) is 0 Å². The first-order valence-electron chi connectivity index (χ1n) is 4.98. The van der Waals surface area contributed by atoms with Gasteiger partial charge >= 0.3 is 5.97 Å². The highest BCUT2D eigenvalue weighted by Gasteiger charge is 2.27. The molecule has 0 fully saturated rings. The molecule has 0 radical (unpaired) electrons. The molecule has 0 aromatic carbocycles. The summed E-state index contributed by atoms with van der Waals surface area (Å²) < 4.78 is 18.1. The molecule has 14 heavy (non-hydrogen) atoms. The maximum Gasteiger partial charge on any atom is 0.307 e. The van der Waals surface area contributed by atoms with E-state index in [1.807, 2.05) is 6.92 Å². The molecule has 0 amide bonds. The van der Waals surface area contributed by atoms with Crippen LogP contribution in [-0.4, -0.2) is 24.3 Å². The lowest BCUT2D eigenvalue weighted by molar-refractivity contribution is -0.145. The van der Waals surface area contributed by atoms with Crippen molar-refractivity contribution < 1.29 is 13.9 Å². The van der Waals surface area contributed by atoms with Crippen molar-refractivity contribution in [2.75, 3.05) is 6.61 Å². The van der Waals surface area contributed by atoms with Crippen molar-refractivity contribution in [3.63, 3.8) is 0 Å². The number of halogens is 1. The number of alkyl halides is 1. The second kappa shape index (κ2) is 5.96. The van der Waals surface area contributed by atoms with Gasteiger partial charge in [0.2, 0.25) is 0 Å². The predicted molar refractivity (Wildman–Crippen MR) is 53.6 cm³/mol. The van der Waals surface area contributed by atoms with Crippen LogP contribution in [0.1, 0.15) is 40.0 Å². The second-order valence-corrected chi connectivity index (χ2v) is 3.95. The number of ether oxygens (including phenoxy) is 1. The molecule has 0 aromatic rings. The Balaban J connectivity index is 3.72. The van der Waals surface area contributed by atoms with Crippen LogP contribution in [-0.2, 0) is 9.53 Å². The summed E-state index contributed by atoms with van der Waals surface area (Å²) in [6.07, 6.45) is 1.74. The lowest BCUT2D eigenvalue weighted by atomic mass is 9.99. The number of esters is 1. The second-order valence-electron chi connectivity index (χ2n) is 3.95. The maximum absolute atomic E-state index is 13.2. The summed E-state index contributed by atoms with van der Waals surface area (Å²) >= 11 is 0. The molecule has 84 valence electrons. The Labute approximate surface area is 84.8 Å². The molecule has 0 aliphatic heterocycles. The minimum atomic E-state index is -1.54. The number of nitrogens with two attached hydrogens (primary N) is 1. The first-order chi connectivity index (χ1) is 6.38. The van der Waals surface area contributed by atoms with Gasteiger partial charge in [0.1, 0.15) is 5.67 Å². The smallest absolute Gasteiger partial charge is 0.307 e. The SMILES string of the molecule is CCCCOC(=O)CC(N)C(C)(C)F. The zero-order valence-electron chi connectivity index (χ0n) is 9.18. The molecular formula is C10H20FNO2. The fraction of sp³-hybridized carbons (Fsp3) is 0.900. The number of carbonyl (C=O) groups excluding carboxylic acids is 1. The summed E-state index contributed by atoms with van der Waals surface area (Å²) in [4.78, 5) is 11.1. The fourth-order valence-electron chi connectivity index (χ4n) is 0.812. The third kappa shape index (κ3) is 5.91. The summed E-state index contributed by atoms with van der Waals surface area (Å²) in [5.74, 6) is -0.420. The Kier molecular flexibility index (Phi) is 5.69. The molecule has 0 aliphatic carbocycles. The lowest BCUT2D eigenvalue weighted by Gasteiger charge is -2.21. The van der Waals surface area contributed by atoms with Crippen LogP contribution in [0.2, 0.25) is 0 Å². The van der Waals surface area contributed by atoms with Crippen LogP contribution in [0.15, 0.2) is 0 Å². The van der Waals surface area contributed by atoms with Gasteiger partial charge in [-0.3, -0.25) is 4.79 Å². The Morgan fingerprint density at radius 3 is 2.57 bits per heavy atom. The van der Waals surface area contributed by atoms with Gasteiger partial charge < -0.3 is 10.5 Å². The van der Waals surface area contributed by atoms with E-state index in [9.17, 15) is 9.18 Å². The summed E-state index contributed by atoms with van der Waals surface area (Å²) in [5, 5.41) is 0. The van der Waals surface area contributed by atoms with Gasteiger partial charge in [-0.15, -0.1) is 0 Å². The van der Waals surface area contributed by atoms with Crippen LogP contribution in [0.4, 0.5) is 4.39 Å². The predicted octanol–water partition coefficient (Wildman–Crippen LogP) is 1.80. The number of hydrogen-bond acceptors (Lipinski definition) is 3. The van der Waals surface area contributed by atoms with Gasteiger partial charge in [0, 0.05) is 6.04 Å². The molecule has 3 nitrogen and oxygen atoms in total. The monoisotopic (exact) mass is 205 g/mol. The largest absolute Gasteiger partial charge is 0.466 e. The Morgan fingerprint density at radius 2 is 2.14 bits per heavy atom. The van der Waals surface area contributed by atoms with Gasteiger partial charge in [0.25, 0.3) is 0 Å². The molecule has 0 rings (SSSR count). The molecule has 1 unspecified atom stereocenters. The summed E-state index contributed by atoms with van der Waals surface area (Å²) in [5.41, 5.74) is 3.94. The molecule has 4 heteroatoms. The minimum absolute atomic E-state index is 0.0623. The molecule has 0 heterocycles. The van der Waals surface area contributed by atoms with E-state index in [2.05, 4.69) is 0 Å². The molecule has 0 saturated heterocycles. The van der Waals surface area contributed by atoms with E-state index in [1.165, 1.54) is 13.8 Å². The van der Waals surface area contributed by atoms with E-state index < -0.39 is 17.7 Å². The summed E-state index contributed by atoms with van der Waals surface area (Å²) in [6, 6.07) is -0.795. The molecule has 2 N–H and O–H groups in total. The Morgan fingerprint density at radius 1 is 1.57 bits per heavy atom. The fourth-order valence-corrected chi connectivity index (χ4v) is 0.812. The minimum Gasteiger partial charge on any atom is -0.466 e. The third-order valence-electron chi connectivity index (χ3n) is 2.03. The molecular weight excluding hydrogens is 185 g/mol. The van der Waals surface area contributed by atoms with Crippen molar-refractivity contribution >= 4 is 5.97 Å². The summed E-state index contributed by atoms with van der Waals surface area (Å²) in [7, 11) is 0. The van der Waals surface area contributed by atoms with E-state index in [1.54, 1.807) is 0 Å². The van der Waals surface area contributed by atoms with E-state index in [4.69, 9.17) is 10.5 Å². The first kappa shape index (κ1) is 13.4. The summed E-state index contributed by atoms with van der Waals surface area (Å²) in [6.45, 7) is 5.12. The van der Waals surface area contributed by atoms with Crippen molar-refractivity contribution in [1.82, 2.24) is 0 Å². The zero-order chi connectivity index (χ0) is 11.2. The Bertz CT molecular complexity index is 177. The van der Waals surface area contributed by atoms with E-state index in [0.29, 0.717) is 6.61 Å². The molecule has 0 bridgehead atoms. The Hall–Kier alpha value is -0.640. The highest BCUT2D eigenvalue weighted by molar-refractivity contribution is 5.70. The van der Waals surface area contributed by atoms with Crippen molar-refractivity contribution in [2.45, 2.75) is 51.7 Å². The first-order valence-corrected chi connectivity index (χ1v) is 4.98. The van der Waals surface area contributed by atoms with Crippen molar-refractivity contribution in [1.29, 1.82) is 0 Å². The van der Waals surface area contributed by atoms with Gasteiger partial charge in [-0.05, 0) is 20.3 Å². The zero-order valence-corrected chi connectivity index (χ0v) is 9.18. The maximum atomic E-state index is 13.2. The number of hydrogen-bond donors (Lipinski definition) is 1. The highest BCUT2D eigenvalue weighted by Crippen LogP contribution is 2.15. The van der Waals surface area contributed by atoms with Crippen LogP contribution in [0.5, 0.6) is 0 Å². The van der Waals surface area contributed by atoms with Gasteiger partial charge in [0.15, 0.2) is 0 Å². The number of unbranched alkanes of at least 4 members (excludes halogenated alkanes) is 1. The number of rotatable bonds is 6. The standard InChI is InChI=1S/C10H20FNO2/c1-4-5-6-14-9(13)7-8(12)10(2,3)11/h8H,4-7,12H2,1-3H3. The van der Waals surface area contributed by atoms with Crippen LogP contribution >= 0.6 is 0 Å². The van der Waals surface area contributed by atoms with Crippen LogP contribution in [0, 0.1) is 0 Å². The van der Waals surface area contributed by atoms with Crippen LogP contribution in [0.25, 0.3) is 0 Å². The van der Waals surface area contributed by atoms with Crippen molar-refractivity contribution in [2.24, 2.45) is 5.73 Å². The van der Waals surface area contributed by atoms with Crippen molar-refractivity contribution in [3.8, 4) is 0 Å². The van der Waals surface area contributed by atoms with Gasteiger partial charge in [0.05, 0.1) is 13.0 Å². The van der Waals surface area contributed by atoms with Gasteiger partial charge in [-0.1, -0.05) is 13.3 Å². The average molecular weight is 205 g/mol. The molecule has 0 spiro atoms. The topological polar surface area (TPSA) is 52.3 Å². The number of carbonyl (C=O) groups is 1. The van der Waals surface area contributed by atoms with Crippen LogP contribution < -0.4 is 5.73 Å². The van der Waals surface area contributed by atoms with E-state index >= 15 is 0 Å². The molecule has 1 atom stereocenters. The van der Waals surface area contributed by atoms with Gasteiger partial charge in [-0.25, -0.2) is 4.39 Å². The third-order valence-corrected chi connectivity index (χ3v) is 2.03. The van der Waals surface area contributed by atoms with Gasteiger partial charge in [-0.2, -0.15) is 0 Å². The molecule has 0 aromatic heterocycles. The average Bonchev–Trinajstić information content (AvgIpc) is 2.03.